The van der Waals surface area contributed by atoms with Gasteiger partial charge in [-0.25, -0.2) is 0 Å². The van der Waals surface area contributed by atoms with Gasteiger partial charge in [0, 0.05) is 23.9 Å². The number of rotatable bonds is 32. The van der Waals surface area contributed by atoms with Crippen molar-refractivity contribution in [2.45, 2.75) is 233 Å². The first-order valence-electron chi connectivity index (χ1n) is 19.9. The molecule has 0 aromatic carbocycles. The predicted octanol–water partition coefficient (Wildman–Crippen LogP) is 7.51. The molecule has 0 aliphatic heterocycles. The van der Waals surface area contributed by atoms with Crippen molar-refractivity contribution in [2.24, 2.45) is 0 Å². The van der Waals surface area contributed by atoms with Crippen LogP contribution in [0, 0.1) is 0 Å². The number of carboxylic acids is 4. The molecule has 0 aliphatic carbocycles. The van der Waals surface area contributed by atoms with Crippen LogP contribution in [-0.2, 0) is 40.2 Å². The Morgan fingerprint density at radius 3 is 0.510 bits per heavy atom. The summed E-state index contributed by atoms with van der Waals surface area (Å²) in [5.41, 5.74) is 0. The van der Waals surface area contributed by atoms with E-state index in [9.17, 15) is 39.6 Å². The van der Waals surface area contributed by atoms with Crippen LogP contribution in [0.3, 0.4) is 0 Å². The van der Waals surface area contributed by atoms with Crippen molar-refractivity contribution in [1.29, 1.82) is 0 Å². The number of aliphatic carboxylic acids is 4. The Kier molecular flexibility index (Phi) is 62.0. The van der Waals surface area contributed by atoms with Gasteiger partial charge >= 0.3 is 21.1 Å². The maximum atomic E-state index is 10.0. The third kappa shape index (κ3) is 77.4. The van der Waals surface area contributed by atoms with Crippen molar-refractivity contribution in [3.63, 3.8) is 0 Å². The molecule has 0 N–H and O–H groups in total. The van der Waals surface area contributed by atoms with Crippen LogP contribution >= 0.6 is 0 Å². The first-order valence-corrected chi connectivity index (χ1v) is 19.9. The molecule has 0 spiro atoms. The number of hydrogen-bond donors (Lipinski definition) is 0. The molecule has 0 saturated carbocycles. The average molecular weight is 781 g/mol. The summed E-state index contributed by atoms with van der Waals surface area (Å²) in [5.74, 6) is -3.65. The molecule has 0 aliphatic rings. The standard InChI is InChI=1S/4C10H20O2.Mo/c4*1-2-3-4-5-6-7-8-9-10(11)12;/h4*2-9H2,1H3,(H,11,12);/q;;;;+4/p-4. The molecule has 0 unspecified atom stereocenters. The van der Waals surface area contributed by atoms with Gasteiger partial charge < -0.3 is 39.6 Å². The second kappa shape index (κ2) is 53.4. The van der Waals surface area contributed by atoms with E-state index in [1.54, 1.807) is 0 Å². The van der Waals surface area contributed by atoms with E-state index in [0.717, 1.165) is 51.4 Å². The van der Waals surface area contributed by atoms with Gasteiger partial charge in [0.05, 0.1) is 0 Å². The smallest absolute Gasteiger partial charge is 0.550 e. The molecule has 0 fully saturated rings. The molecule has 0 rings (SSSR count). The average Bonchev–Trinajstić information content (AvgIpc) is 3.03. The van der Waals surface area contributed by atoms with Crippen LogP contribution in [0.4, 0.5) is 0 Å². The predicted molar refractivity (Wildman–Crippen MR) is 190 cm³/mol. The van der Waals surface area contributed by atoms with Crippen LogP contribution in [0.1, 0.15) is 233 Å². The van der Waals surface area contributed by atoms with Gasteiger partial charge in [-0.2, -0.15) is 0 Å². The number of carbonyl (C=O) groups is 4. The summed E-state index contributed by atoms with van der Waals surface area (Å²) in [6.45, 7) is 8.76. The van der Waals surface area contributed by atoms with Crippen LogP contribution in [-0.4, -0.2) is 23.9 Å². The van der Waals surface area contributed by atoms with Crippen molar-refractivity contribution in [3.8, 4) is 0 Å². The van der Waals surface area contributed by atoms with Crippen LogP contribution in [0.2, 0.25) is 0 Å². The van der Waals surface area contributed by atoms with E-state index >= 15 is 0 Å². The van der Waals surface area contributed by atoms with E-state index < -0.39 is 23.9 Å². The topological polar surface area (TPSA) is 161 Å². The van der Waals surface area contributed by atoms with Gasteiger partial charge in [-0.05, 0) is 51.4 Å². The van der Waals surface area contributed by atoms with E-state index in [4.69, 9.17) is 0 Å². The molecule has 8 nitrogen and oxygen atoms in total. The Bertz CT molecular complexity index is 561. The summed E-state index contributed by atoms with van der Waals surface area (Å²) < 4.78 is 0. The normalized spacial score (nSPS) is 9.88. The minimum atomic E-state index is -0.913. The van der Waals surface area contributed by atoms with Crippen molar-refractivity contribution < 1.29 is 60.7 Å². The largest absolute Gasteiger partial charge is 4.00 e. The quantitative estimate of drug-likeness (QED) is 0.0501. The Hall–Kier alpha value is -1.43. The van der Waals surface area contributed by atoms with Crippen molar-refractivity contribution in [1.82, 2.24) is 0 Å². The maximum Gasteiger partial charge on any atom is 4.00 e. The Morgan fingerprint density at radius 2 is 0.388 bits per heavy atom. The first-order chi connectivity index (χ1) is 23.1. The van der Waals surface area contributed by atoms with Crippen molar-refractivity contribution >= 4 is 23.9 Å². The minimum absolute atomic E-state index is 0. The van der Waals surface area contributed by atoms with Gasteiger partial charge in [0.15, 0.2) is 0 Å². The fourth-order valence-electron chi connectivity index (χ4n) is 4.91. The van der Waals surface area contributed by atoms with Crippen LogP contribution in [0.5, 0.6) is 0 Å². The van der Waals surface area contributed by atoms with Crippen LogP contribution in [0.15, 0.2) is 0 Å². The zero-order valence-electron chi connectivity index (χ0n) is 32.3. The summed E-state index contributed by atoms with van der Waals surface area (Å²) in [4.78, 5) is 40.1. The molecule has 49 heavy (non-hydrogen) atoms. The van der Waals surface area contributed by atoms with E-state index in [1.165, 1.54) is 128 Å². The van der Waals surface area contributed by atoms with Gasteiger partial charge in [-0.15, -0.1) is 0 Å². The molecule has 0 aromatic rings. The van der Waals surface area contributed by atoms with Gasteiger partial charge in [0.2, 0.25) is 0 Å². The van der Waals surface area contributed by atoms with E-state index in [-0.39, 0.29) is 46.7 Å². The molecule has 0 aromatic heterocycles. The molecule has 0 heterocycles. The van der Waals surface area contributed by atoms with E-state index in [0.29, 0.717) is 0 Å². The van der Waals surface area contributed by atoms with Crippen LogP contribution in [0.25, 0.3) is 0 Å². The number of carboxylic acid groups (broad SMARTS) is 4. The molecular formula is C40H76MoO8. The van der Waals surface area contributed by atoms with Gasteiger partial charge in [0.25, 0.3) is 0 Å². The monoisotopic (exact) mass is 782 g/mol. The van der Waals surface area contributed by atoms with Gasteiger partial charge in [0.1, 0.15) is 0 Å². The third-order valence-corrected chi connectivity index (χ3v) is 7.94. The van der Waals surface area contributed by atoms with Gasteiger partial charge in [-0.3, -0.25) is 0 Å². The number of hydrogen-bond acceptors (Lipinski definition) is 8. The van der Waals surface area contributed by atoms with Crippen LogP contribution < -0.4 is 20.4 Å². The molecule has 0 radical (unpaired) electrons. The molecule has 0 bridgehead atoms. The summed E-state index contributed by atoms with van der Waals surface area (Å²) in [7, 11) is 0. The molecular weight excluding hydrogens is 704 g/mol. The summed E-state index contributed by atoms with van der Waals surface area (Å²) in [6, 6.07) is 0. The molecule has 0 amide bonds. The minimum Gasteiger partial charge on any atom is -0.550 e. The van der Waals surface area contributed by atoms with E-state index in [1.807, 2.05) is 0 Å². The fourth-order valence-corrected chi connectivity index (χ4v) is 4.91. The Balaban J connectivity index is -0.000000174. The number of unbranched alkanes of at least 4 members (excludes halogenated alkanes) is 24. The SMILES string of the molecule is CCCCCCCCCC(=O)[O-].CCCCCCCCCC(=O)[O-].CCCCCCCCCC(=O)[O-].CCCCCCCCCC(=O)[O-].[Mo+4]. The summed E-state index contributed by atoms with van der Waals surface area (Å²) >= 11 is 0. The summed E-state index contributed by atoms with van der Waals surface area (Å²) in [6.07, 6.45) is 33.4. The molecule has 9 heteroatoms. The zero-order valence-corrected chi connectivity index (χ0v) is 34.3. The second-order valence-corrected chi connectivity index (χ2v) is 13.0. The fraction of sp³-hybridized carbons (Fsp3) is 0.900. The number of carbonyl (C=O) groups excluding carboxylic acids is 4. The second-order valence-electron chi connectivity index (χ2n) is 13.0. The third-order valence-electron chi connectivity index (χ3n) is 7.94. The Labute approximate surface area is 316 Å². The maximum absolute atomic E-state index is 10.0. The van der Waals surface area contributed by atoms with Crippen molar-refractivity contribution in [2.75, 3.05) is 0 Å². The first kappa shape index (κ1) is 56.9. The summed E-state index contributed by atoms with van der Waals surface area (Å²) in [5, 5.41) is 40.1. The molecule has 0 atom stereocenters. The molecule has 290 valence electrons. The van der Waals surface area contributed by atoms with Gasteiger partial charge in [-0.1, -0.05) is 182 Å². The van der Waals surface area contributed by atoms with E-state index in [2.05, 4.69) is 27.7 Å². The van der Waals surface area contributed by atoms with Crippen molar-refractivity contribution in [3.05, 3.63) is 0 Å². The molecule has 0 saturated heterocycles. The zero-order chi connectivity index (χ0) is 36.9. The Morgan fingerprint density at radius 1 is 0.265 bits per heavy atom.